The van der Waals surface area contributed by atoms with Crippen molar-refractivity contribution >= 4 is 6.03 Å². The van der Waals surface area contributed by atoms with E-state index in [4.69, 9.17) is 0 Å². The van der Waals surface area contributed by atoms with Crippen LogP contribution in [-0.2, 0) is 0 Å². The van der Waals surface area contributed by atoms with Gasteiger partial charge in [0.2, 0.25) is 0 Å². The molecular formula is C22H33N3O. The van der Waals surface area contributed by atoms with E-state index in [-0.39, 0.29) is 11.6 Å². The van der Waals surface area contributed by atoms with Gasteiger partial charge in [-0.25, -0.2) is 9.80 Å². The van der Waals surface area contributed by atoms with Gasteiger partial charge in [0, 0.05) is 20.6 Å². The van der Waals surface area contributed by atoms with Gasteiger partial charge in [0.25, 0.3) is 0 Å². The largest absolute Gasteiger partial charge is 0.335 e. The zero-order valence-corrected chi connectivity index (χ0v) is 16.6. The summed E-state index contributed by atoms with van der Waals surface area (Å²) in [6.07, 6.45) is 8.47. The van der Waals surface area contributed by atoms with E-state index in [0.29, 0.717) is 11.3 Å². The van der Waals surface area contributed by atoms with Crippen LogP contribution in [0.2, 0.25) is 0 Å². The second kappa shape index (κ2) is 6.56. The Balaban J connectivity index is 1.53. The van der Waals surface area contributed by atoms with E-state index in [1.54, 1.807) is 0 Å². The molecule has 1 heterocycles. The van der Waals surface area contributed by atoms with Gasteiger partial charge in [-0.15, -0.1) is 0 Å². The lowest BCUT2D eigenvalue weighted by Gasteiger charge is -2.48. The fourth-order valence-electron chi connectivity index (χ4n) is 5.28. The molecule has 2 amide bonds. The van der Waals surface area contributed by atoms with Crippen molar-refractivity contribution in [3.05, 3.63) is 35.9 Å². The third-order valence-corrected chi connectivity index (χ3v) is 7.24. The summed E-state index contributed by atoms with van der Waals surface area (Å²) in [5.41, 5.74) is 1.83. The number of carbonyl (C=O) groups excluding carboxylic acids is 1. The van der Waals surface area contributed by atoms with Crippen LogP contribution in [0.15, 0.2) is 30.3 Å². The van der Waals surface area contributed by atoms with Crippen molar-refractivity contribution in [1.29, 1.82) is 0 Å². The second-order valence-electron chi connectivity index (χ2n) is 9.35. The molecule has 3 fully saturated rings. The Morgan fingerprint density at radius 1 is 1.08 bits per heavy atom. The normalized spacial score (nSPS) is 30.9. The molecular weight excluding hydrogens is 322 g/mol. The van der Waals surface area contributed by atoms with Gasteiger partial charge >= 0.3 is 6.03 Å². The van der Waals surface area contributed by atoms with Gasteiger partial charge in [-0.3, -0.25) is 5.01 Å². The van der Waals surface area contributed by atoms with Crippen LogP contribution in [0.1, 0.15) is 63.4 Å². The third kappa shape index (κ3) is 3.02. The van der Waals surface area contributed by atoms with Crippen LogP contribution in [-0.4, -0.2) is 53.7 Å². The first-order valence-electron chi connectivity index (χ1n) is 10.2. The molecule has 2 saturated carbocycles. The SMILES string of the molecule is CN(C)N1C[C@]2(CC[C@H](c3ccccc3)CC2)N(CC2(C)CCC2)C1=O. The van der Waals surface area contributed by atoms with E-state index in [9.17, 15) is 4.79 Å². The topological polar surface area (TPSA) is 26.8 Å². The highest BCUT2D eigenvalue weighted by atomic mass is 16.2. The number of benzene rings is 1. The molecule has 4 nitrogen and oxygen atoms in total. The standard InChI is InChI=1S/C22H33N3O/c1-21(12-7-13-21)16-24-20(26)25(23(2)3)17-22(24)14-10-19(11-15-22)18-8-5-4-6-9-18/h4-6,8-9,19H,7,10-17H2,1-3H3/t19-,22+. The average Bonchev–Trinajstić information content (AvgIpc) is 2.88. The van der Waals surface area contributed by atoms with Crippen molar-refractivity contribution in [3.63, 3.8) is 0 Å². The summed E-state index contributed by atoms with van der Waals surface area (Å²) < 4.78 is 0. The van der Waals surface area contributed by atoms with Crippen LogP contribution in [0.5, 0.6) is 0 Å². The first kappa shape index (κ1) is 17.8. The van der Waals surface area contributed by atoms with E-state index in [2.05, 4.69) is 42.2 Å². The monoisotopic (exact) mass is 355 g/mol. The maximum Gasteiger partial charge on any atom is 0.335 e. The molecule has 1 aromatic carbocycles. The summed E-state index contributed by atoms with van der Waals surface area (Å²) >= 11 is 0. The molecule has 0 unspecified atom stereocenters. The highest BCUT2D eigenvalue weighted by Gasteiger charge is 2.53. The maximum atomic E-state index is 13.2. The zero-order chi connectivity index (χ0) is 18.4. The van der Waals surface area contributed by atoms with Crippen molar-refractivity contribution in [2.75, 3.05) is 27.2 Å². The highest BCUT2D eigenvalue weighted by Crippen LogP contribution is 2.48. The van der Waals surface area contributed by atoms with Crippen LogP contribution in [0.4, 0.5) is 4.79 Å². The molecule has 26 heavy (non-hydrogen) atoms. The minimum absolute atomic E-state index is 0.0330. The molecule has 0 bridgehead atoms. The van der Waals surface area contributed by atoms with Crippen molar-refractivity contribution in [3.8, 4) is 0 Å². The van der Waals surface area contributed by atoms with Gasteiger partial charge in [0.1, 0.15) is 0 Å². The van der Waals surface area contributed by atoms with E-state index in [0.717, 1.165) is 25.9 Å². The van der Waals surface area contributed by atoms with Crippen LogP contribution in [0, 0.1) is 5.41 Å². The summed E-state index contributed by atoms with van der Waals surface area (Å²) in [7, 11) is 3.99. The molecule has 1 spiro atoms. The Kier molecular flexibility index (Phi) is 4.50. The molecule has 0 N–H and O–H groups in total. The summed E-state index contributed by atoms with van der Waals surface area (Å²) in [4.78, 5) is 15.5. The number of carbonyl (C=O) groups is 1. The second-order valence-corrected chi connectivity index (χ2v) is 9.35. The van der Waals surface area contributed by atoms with Gasteiger partial charge < -0.3 is 4.90 Å². The van der Waals surface area contributed by atoms with Gasteiger partial charge in [0.15, 0.2) is 0 Å². The zero-order valence-electron chi connectivity index (χ0n) is 16.6. The number of rotatable bonds is 4. The van der Waals surface area contributed by atoms with Crippen LogP contribution >= 0.6 is 0 Å². The molecule has 0 aromatic heterocycles. The molecule has 1 saturated heterocycles. The Hall–Kier alpha value is -1.55. The molecule has 0 atom stereocenters. The quantitative estimate of drug-likeness (QED) is 0.796. The summed E-state index contributed by atoms with van der Waals surface area (Å²) in [5.74, 6) is 0.645. The molecule has 4 heteroatoms. The summed E-state index contributed by atoms with van der Waals surface area (Å²) in [5, 5.41) is 3.95. The molecule has 1 aliphatic heterocycles. The Morgan fingerprint density at radius 3 is 2.27 bits per heavy atom. The predicted octanol–water partition coefficient (Wildman–Crippen LogP) is 4.49. The fraction of sp³-hybridized carbons (Fsp3) is 0.682. The molecule has 2 aliphatic carbocycles. The lowest BCUT2D eigenvalue weighted by atomic mass is 9.68. The van der Waals surface area contributed by atoms with E-state index in [1.807, 2.05) is 24.1 Å². The van der Waals surface area contributed by atoms with Crippen LogP contribution in [0.25, 0.3) is 0 Å². The number of hydrogen-bond acceptors (Lipinski definition) is 2. The lowest BCUT2D eigenvalue weighted by molar-refractivity contribution is 0.0401. The van der Waals surface area contributed by atoms with E-state index in [1.165, 1.54) is 37.7 Å². The van der Waals surface area contributed by atoms with E-state index >= 15 is 0 Å². The minimum Gasteiger partial charge on any atom is -0.315 e. The number of urea groups is 1. The molecule has 1 aromatic rings. The van der Waals surface area contributed by atoms with Gasteiger partial charge in [-0.2, -0.15) is 0 Å². The van der Waals surface area contributed by atoms with Gasteiger partial charge in [-0.1, -0.05) is 43.7 Å². The summed E-state index contributed by atoms with van der Waals surface area (Å²) in [6, 6.07) is 11.1. The number of hydrogen-bond donors (Lipinski definition) is 0. The predicted molar refractivity (Wildman–Crippen MR) is 105 cm³/mol. The van der Waals surface area contributed by atoms with Crippen molar-refractivity contribution < 1.29 is 4.79 Å². The van der Waals surface area contributed by atoms with Gasteiger partial charge in [0.05, 0.1) is 12.1 Å². The third-order valence-electron chi connectivity index (χ3n) is 7.24. The van der Waals surface area contributed by atoms with Crippen molar-refractivity contribution in [2.24, 2.45) is 5.41 Å². The summed E-state index contributed by atoms with van der Waals surface area (Å²) in [6.45, 7) is 4.16. The Morgan fingerprint density at radius 2 is 1.73 bits per heavy atom. The van der Waals surface area contributed by atoms with Gasteiger partial charge in [-0.05, 0) is 55.4 Å². The van der Waals surface area contributed by atoms with Crippen LogP contribution < -0.4 is 0 Å². The smallest absolute Gasteiger partial charge is 0.315 e. The first-order chi connectivity index (χ1) is 12.4. The minimum atomic E-state index is 0.0330. The first-order valence-corrected chi connectivity index (χ1v) is 10.2. The number of hydrazine groups is 1. The van der Waals surface area contributed by atoms with Crippen LogP contribution in [0.3, 0.4) is 0 Å². The average molecular weight is 356 g/mol. The number of nitrogens with zero attached hydrogens (tertiary/aromatic N) is 3. The molecule has 0 radical (unpaired) electrons. The highest BCUT2D eigenvalue weighted by molar-refractivity contribution is 5.78. The van der Waals surface area contributed by atoms with E-state index < -0.39 is 0 Å². The molecule has 3 aliphatic rings. The fourth-order valence-corrected chi connectivity index (χ4v) is 5.28. The lowest BCUT2D eigenvalue weighted by Crippen LogP contribution is -2.53. The Labute approximate surface area is 158 Å². The molecule has 4 rings (SSSR count). The molecule has 142 valence electrons. The van der Waals surface area contributed by atoms with Crippen molar-refractivity contribution in [2.45, 2.75) is 63.3 Å². The number of amides is 2. The maximum absolute atomic E-state index is 13.2. The van der Waals surface area contributed by atoms with Crippen molar-refractivity contribution in [1.82, 2.24) is 14.9 Å². The Bertz CT molecular complexity index is 645.